The Bertz CT molecular complexity index is 494. The number of hydrogen-bond donors (Lipinski definition) is 1. The third-order valence-electron chi connectivity index (χ3n) is 2.74. The van der Waals surface area contributed by atoms with Crippen LogP contribution in [-0.4, -0.2) is 105 Å². The van der Waals surface area contributed by atoms with Crippen molar-refractivity contribution in [2.24, 2.45) is 0 Å². The molecule has 0 bridgehead atoms. The van der Waals surface area contributed by atoms with Crippen LogP contribution in [0.4, 0.5) is 57.1 Å². The Hall–Kier alpha value is 0.606. The molecular formula is C8H4F13KO3. The van der Waals surface area contributed by atoms with Gasteiger partial charge in [0.25, 0.3) is 0 Å². The Morgan fingerprint density at radius 2 is 1.08 bits per heavy atom. The van der Waals surface area contributed by atoms with Crippen LogP contribution in [-0.2, 0) is 9.47 Å². The first-order valence-electron chi connectivity index (χ1n) is 5.19. The molecule has 0 saturated carbocycles. The number of rotatable bonds is 5. The van der Waals surface area contributed by atoms with E-state index in [9.17, 15) is 57.1 Å². The van der Waals surface area contributed by atoms with E-state index in [0.29, 0.717) is 0 Å². The first kappa shape index (κ1) is 25.6. The monoisotopic (exact) mass is 434 g/mol. The minimum absolute atomic E-state index is 0. The van der Waals surface area contributed by atoms with Crippen LogP contribution in [0.15, 0.2) is 0 Å². The SMILES string of the molecule is OC(F)(F)C1(C(F)(F)C(F)F)OC(F)(F)C(F)(C(F)(F)C(F)F)O1.[KH]. The van der Waals surface area contributed by atoms with Gasteiger partial charge in [0.1, 0.15) is 0 Å². The van der Waals surface area contributed by atoms with Crippen LogP contribution in [0.25, 0.3) is 0 Å². The van der Waals surface area contributed by atoms with Gasteiger partial charge in [-0.25, -0.2) is 17.6 Å². The summed E-state index contributed by atoms with van der Waals surface area (Å²) in [6, 6.07) is 0. The zero-order valence-electron chi connectivity index (χ0n) is 10.3. The third kappa shape index (κ3) is 3.42. The van der Waals surface area contributed by atoms with Gasteiger partial charge in [0.15, 0.2) is 0 Å². The summed E-state index contributed by atoms with van der Waals surface area (Å²) in [4.78, 5) is 0. The van der Waals surface area contributed by atoms with Crippen LogP contribution in [0.2, 0.25) is 0 Å². The van der Waals surface area contributed by atoms with Gasteiger partial charge in [0, 0.05) is 0 Å². The van der Waals surface area contributed by atoms with Gasteiger partial charge in [-0.2, -0.15) is 39.5 Å². The molecule has 25 heavy (non-hydrogen) atoms. The van der Waals surface area contributed by atoms with Crippen molar-refractivity contribution in [3.05, 3.63) is 0 Å². The van der Waals surface area contributed by atoms with Crippen molar-refractivity contribution in [2.45, 2.75) is 48.6 Å². The van der Waals surface area contributed by atoms with E-state index in [4.69, 9.17) is 5.11 Å². The maximum absolute atomic E-state index is 13.6. The summed E-state index contributed by atoms with van der Waals surface area (Å²) in [6.45, 7) is 0. The molecule has 0 aromatic heterocycles. The van der Waals surface area contributed by atoms with Gasteiger partial charge in [-0.15, -0.1) is 0 Å². The van der Waals surface area contributed by atoms with Crippen molar-refractivity contribution in [2.75, 3.05) is 0 Å². The van der Waals surface area contributed by atoms with Gasteiger partial charge >= 0.3 is 99.9 Å². The molecule has 3 nitrogen and oxygen atoms in total. The Morgan fingerprint density at radius 1 is 0.720 bits per heavy atom. The second kappa shape index (κ2) is 6.89. The molecule has 1 heterocycles. The summed E-state index contributed by atoms with van der Waals surface area (Å²) in [7, 11) is 0. The van der Waals surface area contributed by atoms with Crippen LogP contribution in [0.3, 0.4) is 0 Å². The number of halogens is 13. The Labute approximate surface area is 170 Å². The molecular weight excluding hydrogens is 430 g/mol. The van der Waals surface area contributed by atoms with Crippen molar-refractivity contribution in [3.63, 3.8) is 0 Å². The molecule has 0 aliphatic carbocycles. The third-order valence-corrected chi connectivity index (χ3v) is 2.74. The van der Waals surface area contributed by atoms with E-state index >= 15 is 0 Å². The molecule has 17 heteroatoms. The Kier molecular flexibility index (Phi) is 7.06. The molecule has 146 valence electrons. The zero-order valence-corrected chi connectivity index (χ0v) is 10.3. The predicted molar refractivity (Wildman–Crippen MR) is 49.9 cm³/mol. The summed E-state index contributed by atoms with van der Waals surface area (Å²) in [5.41, 5.74) is 0. The van der Waals surface area contributed by atoms with E-state index in [2.05, 4.69) is 9.47 Å². The fourth-order valence-electron chi connectivity index (χ4n) is 1.53. The summed E-state index contributed by atoms with van der Waals surface area (Å²) >= 11 is 0. The average molecular weight is 434 g/mol. The molecule has 1 aliphatic heterocycles. The molecule has 1 fully saturated rings. The van der Waals surface area contributed by atoms with E-state index in [1.807, 2.05) is 0 Å². The maximum atomic E-state index is 13.6. The van der Waals surface area contributed by atoms with Gasteiger partial charge in [-0.3, -0.25) is 9.47 Å². The quantitative estimate of drug-likeness (QED) is 0.535. The minimum atomic E-state index is -6.79. The second-order valence-electron chi connectivity index (χ2n) is 4.32. The summed E-state index contributed by atoms with van der Waals surface area (Å²) in [5.74, 6) is -26.7. The molecule has 2 unspecified atom stereocenters. The van der Waals surface area contributed by atoms with Crippen molar-refractivity contribution in [3.8, 4) is 0 Å². The standard InChI is InChI=1S/C8H3F13O3.K.H/c9-1(10)3(13,14)5(17)8(20,21)24-6(23-5,7(18,19)22)4(15,16)2(11)12;;/h1-2,22H;;. The van der Waals surface area contributed by atoms with Gasteiger partial charge in [-0.05, 0) is 0 Å². The molecule has 2 atom stereocenters. The second-order valence-corrected chi connectivity index (χ2v) is 4.32. The molecule has 0 amide bonds. The number of alkyl halides is 13. The van der Waals surface area contributed by atoms with Crippen LogP contribution in [0, 0.1) is 0 Å². The van der Waals surface area contributed by atoms with Gasteiger partial charge in [0.05, 0.1) is 0 Å². The molecule has 1 rings (SSSR count). The normalized spacial score (nSPS) is 30.7. The van der Waals surface area contributed by atoms with Crippen molar-refractivity contribution in [1.29, 1.82) is 0 Å². The fourth-order valence-corrected chi connectivity index (χ4v) is 1.53. The molecule has 0 aromatic carbocycles. The molecule has 1 aliphatic rings. The summed E-state index contributed by atoms with van der Waals surface area (Å²) < 4.78 is 170. The number of ether oxygens (including phenoxy) is 2. The van der Waals surface area contributed by atoms with E-state index in [-0.39, 0.29) is 51.4 Å². The van der Waals surface area contributed by atoms with Crippen LogP contribution >= 0.6 is 0 Å². The number of hydrogen-bond acceptors (Lipinski definition) is 3. The first-order chi connectivity index (χ1) is 10.3. The van der Waals surface area contributed by atoms with Crippen molar-refractivity contribution < 1.29 is 71.7 Å². The summed E-state index contributed by atoms with van der Waals surface area (Å²) in [6.07, 6.45) is -24.3. The van der Waals surface area contributed by atoms with Crippen LogP contribution < -0.4 is 0 Å². The van der Waals surface area contributed by atoms with Gasteiger partial charge in [0.2, 0.25) is 0 Å². The first-order valence-corrected chi connectivity index (χ1v) is 5.19. The van der Waals surface area contributed by atoms with E-state index in [1.54, 1.807) is 0 Å². The van der Waals surface area contributed by atoms with Gasteiger partial charge < -0.3 is 5.11 Å². The number of aliphatic hydroxyl groups is 1. The van der Waals surface area contributed by atoms with E-state index in [1.165, 1.54) is 0 Å². The Balaban J connectivity index is 0.00000576. The molecule has 1 N–H and O–H groups in total. The molecule has 0 radical (unpaired) electrons. The van der Waals surface area contributed by atoms with E-state index < -0.39 is 48.6 Å². The average Bonchev–Trinajstić information content (AvgIpc) is 2.58. The predicted octanol–water partition coefficient (Wildman–Crippen LogP) is 2.73. The fraction of sp³-hybridized carbons (Fsp3) is 1.00. The topological polar surface area (TPSA) is 38.7 Å². The van der Waals surface area contributed by atoms with Gasteiger partial charge in [-0.1, -0.05) is 0 Å². The van der Waals surface area contributed by atoms with Crippen molar-refractivity contribution in [1.82, 2.24) is 0 Å². The Morgan fingerprint density at radius 3 is 1.36 bits per heavy atom. The molecule has 1 saturated heterocycles. The zero-order chi connectivity index (χ0) is 19.6. The van der Waals surface area contributed by atoms with Crippen LogP contribution in [0.5, 0.6) is 0 Å². The molecule has 0 spiro atoms. The van der Waals surface area contributed by atoms with Crippen molar-refractivity contribution >= 4 is 51.4 Å². The van der Waals surface area contributed by atoms with E-state index in [0.717, 1.165) is 0 Å². The molecule has 0 aromatic rings. The van der Waals surface area contributed by atoms with Crippen LogP contribution in [0.1, 0.15) is 0 Å². The summed E-state index contributed by atoms with van der Waals surface area (Å²) in [5, 5.41) is 8.09.